The summed E-state index contributed by atoms with van der Waals surface area (Å²) in [6, 6.07) is 25.0. The van der Waals surface area contributed by atoms with E-state index in [1.165, 1.54) is 9.80 Å². The van der Waals surface area contributed by atoms with Crippen LogP contribution in [-0.2, 0) is 25.8 Å². The first-order valence-corrected chi connectivity index (χ1v) is 17.4. The highest BCUT2D eigenvalue weighted by Crippen LogP contribution is 2.63. The summed E-state index contributed by atoms with van der Waals surface area (Å²) in [5.74, 6) is -2.30. The molecule has 6 atom stereocenters. The fourth-order valence-electron chi connectivity index (χ4n) is 8.92. The molecule has 264 valence electrons. The second kappa shape index (κ2) is 12.8. The minimum atomic E-state index is -1.21. The van der Waals surface area contributed by atoms with Crippen LogP contribution in [0.15, 0.2) is 101 Å². The lowest BCUT2D eigenvalue weighted by atomic mass is 9.52. The average molecular weight is 699 g/mol. The average Bonchev–Trinajstić information content (AvgIpc) is 3.80. The number of fused-ring (bicyclic) bond motifs is 4. The van der Waals surface area contributed by atoms with Gasteiger partial charge in [-0.2, -0.15) is 0 Å². The first kappa shape index (κ1) is 33.4. The maximum Gasteiger partial charge on any atom is 0.241 e. The molecule has 52 heavy (non-hydrogen) atoms. The van der Waals surface area contributed by atoms with Gasteiger partial charge in [0.05, 0.1) is 54.7 Å². The fourth-order valence-corrected chi connectivity index (χ4v) is 8.92. The van der Waals surface area contributed by atoms with Gasteiger partial charge in [-0.15, -0.1) is 0 Å². The molecule has 3 heterocycles. The van der Waals surface area contributed by atoms with Gasteiger partial charge in [0.2, 0.25) is 23.6 Å². The molecular weight excluding hydrogens is 660 g/mol. The van der Waals surface area contributed by atoms with E-state index in [0.717, 1.165) is 16.7 Å². The number of methoxy groups -OCH3 is 2. The minimum Gasteiger partial charge on any atom is -0.497 e. The molecule has 0 spiro atoms. The van der Waals surface area contributed by atoms with Crippen molar-refractivity contribution < 1.29 is 38.2 Å². The van der Waals surface area contributed by atoms with E-state index in [1.54, 1.807) is 62.8 Å². The van der Waals surface area contributed by atoms with E-state index >= 15 is 0 Å². The van der Waals surface area contributed by atoms with Crippen LogP contribution < -0.4 is 19.3 Å². The Morgan fingerprint density at radius 3 is 2.27 bits per heavy atom. The maximum atomic E-state index is 14.4. The van der Waals surface area contributed by atoms with Gasteiger partial charge in [0.1, 0.15) is 29.6 Å². The molecule has 1 N–H and O–H groups in total. The molecule has 3 aromatic carbocycles. The van der Waals surface area contributed by atoms with Crippen molar-refractivity contribution >= 4 is 47.2 Å². The number of hydrogen-bond donors (Lipinski definition) is 1. The zero-order chi connectivity index (χ0) is 36.3. The summed E-state index contributed by atoms with van der Waals surface area (Å²) in [4.78, 5) is 59.8. The zero-order valence-electron chi connectivity index (χ0n) is 29.0. The van der Waals surface area contributed by atoms with Crippen molar-refractivity contribution in [2.45, 2.75) is 32.3 Å². The fraction of sp³-hybridized carbons (Fsp3) is 0.286. The SMILES string of the molecule is COc1ccc(OC)c(C=Cc2ccc(N3C(=O)C4CC=C5C(CC6C(=O)N(c7ccccc7)C(=O)C6(C)C5c5ccc(CO)o5)C4C3=O)cc2)c1. The second-order valence-corrected chi connectivity index (χ2v) is 14.0. The molecule has 3 fully saturated rings. The summed E-state index contributed by atoms with van der Waals surface area (Å²) < 4.78 is 16.9. The summed E-state index contributed by atoms with van der Waals surface area (Å²) >= 11 is 0. The number of imide groups is 2. The molecule has 10 nitrogen and oxygen atoms in total. The lowest BCUT2D eigenvalue weighted by Gasteiger charge is -2.48. The molecule has 1 saturated carbocycles. The highest BCUT2D eigenvalue weighted by molar-refractivity contribution is 6.25. The third-order valence-electron chi connectivity index (χ3n) is 11.5. The molecule has 0 bridgehead atoms. The Kier molecular flexibility index (Phi) is 8.22. The van der Waals surface area contributed by atoms with Gasteiger partial charge in [-0.05, 0) is 85.8 Å². The Bertz CT molecular complexity index is 2150. The number of nitrogens with zero attached hydrogens (tertiary/aromatic N) is 2. The number of ether oxygens (including phenoxy) is 2. The molecule has 1 aromatic heterocycles. The van der Waals surface area contributed by atoms with Crippen LogP contribution in [0.25, 0.3) is 12.2 Å². The molecule has 8 rings (SSSR count). The van der Waals surface area contributed by atoms with Crippen molar-refractivity contribution in [3.8, 4) is 11.5 Å². The largest absolute Gasteiger partial charge is 0.497 e. The van der Waals surface area contributed by atoms with Crippen molar-refractivity contribution in [2.75, 3.05) is 24.0 Å². The molecule has 2 saturated heterocycles. The molecule has 2 aliphatic carbocycles. The third-order valence-corrected chi connectivity index (χ3v) is 11.5. The van der Waals surface area contributed by atoms with Crippen LogP contribution in [0.2, 0.25) is 0 Å². The van der Waals surface area contributed by atoms with Crippen LogP contribution in [0.4, 0.5) is 11.4 Å². The Labute approximate surface area is 300 Å². The van der Waals surface area contributed by atoms with Gasteiger partial charge in [-0.25, -0.2) is 4.90 Å². The first-order valence-electron chi connectivity index (χ1n) is 17.4. The lowest BCUT2D eigenvalue weighted by molar-refractivity contribution is -0.131. The number of furan rings is 1. The van der Waals surface area contributed by atoms with Crippen LogP contribution in [0.1, 0.15) is 48.3 Å². The van der Waals surface area contributed by atoms with Crippen LogP contribution in [-0.4, -0.2) is 43.0 Å². The van der Waals surface area contributed by atoms with E-state index < -0.39 is 35.0 Å². The Morgan fingerprint density at radius 1 is 0.827 bits per heavy atom. The number of aliphatic hydroxyl groups is 1. The monoisotopic (exact) mass is 698 g/mol. The van der Waals surface area contributed by atoms with Crippen molar-refractivity contribution in [2.24, 2.45) is 29.1 Å². The first-order chi connectivity index (χ1) is 25.2. The number of anilines is 2. The standard InChI is InChI=1S/C42H38N2O8/c1-42-33(39(47)44(41(42)49)26-7-5-4-6-8-26)22-32-30(37(42)35-20-16-29(23-45)52-35)17-18-31-36(32)40(48)43(38(31)46)27-13-10-24(11-14-27)9-12-25-21-28(50-2)15-19-34(25)51-3/h4-17,19-21,31-33,36-37,45H,18,22-23H2,1-3H3. The molecule has 4 amide bonds. The van der Waals surface area contributed by atoms with E-state index in [2.05, 4.69) is 0 Å². The molecule has 0 radical (unpaired) electrons. The Morgan fingerprint density at radius 2 is 1.58 bits per heavy atom. The molecule has 4 aromatic rings. The van der Waals surface area contributed by atoms with E-state index in [0.29, 0.717) is 40.8 Å². The normalized spacial score (nSPS) is 26.8. The summed E-state index contributed by atoms with van der Waals surface area (Å²) in [7, 11) is 3.21. The molecule has 10 heteroatoms. The summed E-state index contributed by atoms with van der Waals surface area (Å²) in [6.45, 7) is 1.48. The van der Waals surface area contributed by atoms with Gasteiger partial charge < -0.3 is 19.0 Å². The van der Waals surface area contributed by atoms with Crippen LogP contribution in [0.5, 0.6) is 11.5 Å². The zero-order valence-corrected chi connectivity index (χ0v) is 29.0. The molecule has 6 unspecified atom stereocenters. The van der Waals surface area contributed by atoms with E-state index in [1.807, 2.05) is 61.5 Å². The molecule has 2 aliphatic heterocycles. The van der Waals surface area contributed by atoms with Gasteiger partial charge >= 0.3 is 0 Å². The lowest BCUT2D eigenvalue weighted by Crippen LogP contribution is -2.48. The number of carbonyl (C=O) groups excluding carboxylic acids is 4. The second-order valence-electron chi connectivity index (χ2n) is 14.0. The Balaban J connectivity index is 1.12. The number of benzene rings is 3. The van der Waals surface area contributed by atoms with Gasteiger partial charge in [-0.1, -0.05) is 54.1 Å². The number of para-hydroxylation sites is 1. The molecular formula is C42H38N2O8. The Hall–Kier alpha value is -5.74. The highest BCUT2D eigenvalue weighted by Gasteiger charge is 2.68. The van der Waals surface area contributed by atoms with Gasteiger partial charge in [0.25, 0.3) is 0 Å². The van der Waals surface area contributed by atoms with Crippen molar-refractivity contribution in [3.63, 3.8) is 0 Å². The number of carbonyl (C=O) groups is 4. The predicted molar refractivity (Wildman–Crippen MR) is 193 cm³/mol. The van der Waals surface area contributed by atoms with Crippen molar-refractivity contribution in [1.82, 2.24) is 0 Å². The maximum absolute atomic E-state index is 14.4. The minimum absolute atomic E-state index is 0.242. The van der Waals surface area contributed by atoms with E-state index in [9.17, 15) is 24.3 Å². The van der Waals surface area contributed by atoms with Gasteiger partial charge in [0.15, 0.2) is 0 Å². The number of allylic oxidation sites excluding steroid dienone is 2. The topological polar surface area (TPSA) is 127 Å². The highest BCUT2D eigenvalue weighted by atomic mass is 16.5. The van der Waals surface area contributed by atoms with Crippen LogP contribution >= 0.6 is 0 Å². The van der Waals surface area contributed by atoms with Crippen LogP contribution in [0, 0.1) is 29.1 Å². The van der Waals surface area contributed by atoms with Crippen molar-refractivity contribution in [1.29, 1.82) is 0 Å². The van der Waals surface area contributed by atoms with Gasteiger partial charge in [-0.3, -0.25) is 24.1 Å². The van der Waals surface area contributed by atoms with E-state index in [-0.39, 0.29) is 36.7 Å². The summed E-state index contributed by atoms with van der Waals surface area (Å²) in [6.07, 6.45) is 6.37. The number of hydrogen-bond acceptors (Lipinski definition) is 8. The predicted octanol–water partition coefficient (Wildman–Crippen LogP) is 6.39. The van der Waals surface area contributed by atoms with E-state index in [4.69, 9.17) is 13.9 Å². The molecule has 4 aliphatic rings. The van der Waals surface area contributed by atoms with Gasteiger partial charge in [0, 0.05) is 5.56 Å². The van der Waals surface area contributed by atoms with Crippen LogP contribution in [0.3, 0.4) is 0 Å². The van der Waals surface area contributed by atoms with Crippen molar-refractivity contribution in [3.05, 3.63) is 119 Å². The number of rotatable bonds is 8. The quantitative estimate of drug-likeness (QED) is 0.127. The number of aliphatic hydroxyl groups excluding tert-OH is 1. The summed E-state index contributed by atoms with van der Waals surface area (Å²) in [5, 5.41) is 9.84. The summed E-state index contributed by atoms with van der Waals surface area (Å²) in [5.41, 5.74) is 2.26. The third kappa shape index (κ3) is 5.04. The number of amides is 4. The smallest absolute Gasteiger partial charge is 0.241 e.